The van der Waals surface area contributed by atoms with Crippen molar-refractivity contribution >= 4 is 22.4 Å². The molecule has 18 heavy (non-hydrogen) atoms. The van der Waals surface area contributed by atoms with E-state index in [1.54, 1.807) is 0 Å². The van der Waals surface area contributed by atoms with E-state index >= 15 is 0 Å². The number of benzene rings is 2. The molecule has 2 aromatic rings. The van der Waals surface area contributed by atoms with Gasteiger partial charge in [-0.2, -0.15) is 0 Å². The average molecular weight is 262 g/mol. The monoisotopic (exact) mass is 261 g/mol. The maximum absolute atomic E-state index is 6.09. The fraction of sp³-hybridized carbons (Fsp3) is 0.375. The summed E-state index contributed by atoms with van der Waals surface area (Å²) in [6.45, 7) is 7.16. The van der Waals surface area contributed by atoms with Gasteiger partial charge in [0.2, 0.25) is 0 Å². The van der Waals surface area contributed by atoms with Crippen LogP contribution in [0.3, 0.4) is 0 Å². The van der Waals surface area contributed by atoms with E-state index < -0.39 is 0 Å². The molecule has 1 nitrogen and oxygen atoms in total. The summed E-state index contributed by atoms with van der Waals surface area (Å²) in [6.07, 6.45) is 0. The number of nitrogens with zero attached hydrogens (tertiary/aromatic N) is 1. The molecule has 0 N–H and O–H groups in total. The summed E-state index contributed by atoms with van der Waals surface area (Å²) in [6, 6.07) is 15.1. The van der Waals surface area contributed by atoms with E-state index in [-0.39, 0.29) is 5.38 Å². The molecule has 0 fully saturated rings. The van der Waals surface area contributed by atoms with Crippen LogP contribution in [0.5, 0.6) is 0 Å². The highest BCUT2D eigenvalue weighted by molar-refractivity contribution is 6.20. The summed E-state index contributed by atoms with van der Waals surface area (Å²) >= 11 is 6.09. The zero-order chi connectivity index (χ0) is 13.0. The molecule has 2 aromatic carbocycles. The average Bonchev–Trinajstić information content (AvgIpc) is 2.38. The van der Waals surface area contributed by atoms with Crippen molar-refractivity contribution < 1.29 is 0 Å². The van der Waals surface area contributed by atoms with Crippen molar-refractivity contribution in [1.29, 1.82) is 0 Å². The minimum atomic E-state index is 0.194. The third kappa shape index (κ3) is 3.24. The van der Waals surface area contributed by atoms with Crippen LogP contribution in [0.15, 0.2) is 42.5 Å². The molecule has 0 heterocycles. The van der Waals surface area contributed by atoms with Crippen LogP contribution in [0.1, 0.15) is 19.4 Å². The van der Waals surface area contributed by atoms with Gasteiger partial charge in [0.15, 0.2) is 0 Å². The van der Waals surface area contributed by atoms with Gasteiger partial charge in [-0.05, 0) is 29.8 Å². The van der Waals surface area contributed by atoms with Crippen molar-refractivity contribution in [3.8, 4) is 0 Å². The number of rotatable bonds is 5. The second-order valence-electron chi connectivity index (χ2n) is 4.75. The first kappa shape index (κ1) is 13.4. The molecule has 0 aliphatic rings. The molecule has 0 aliphatic heterocycles. The molecule has 0 amide bonds. The number of hydrogen-bond donors (Lipinski definition) is 0. The molecular weight excluding hydrogens is 242 g/mol. The lowest BCUT2D eigenvalue weighted by atomic mass is 10.0. The van der Waals surface area contributed by atoms with Crippen LogP contribution >= 0.6 is 11.6 Å². The summed E-state index contributed by atoms with van der Waals surface area (Å²) in [5.74, 6) is 0. The van der Waals surface area contributed by atoms with Gasteiger partial charge in [-0.3, -0.25) is 4.90 Å². The summed E-state index contributed by atoms with van der Waals surface area (Å²) in [7, 11) is 0. The van der Waals surface area contributed by atoms with E-state index in [0.717, 1.165) is 19.6 Å². The lowest BCUT2D eigenvalue weighted by Crippen LogP contribution is -2.28. The summed E-state index contributed by atoms with van der Waals surface area (Å²) < 4.78 is 0. The highest BCUT2D eigenvalue weighted by Crippen LogP contribution is 2.20. The topological polar surface area (TPSA) is 3.24 Å². The lowest BCUT2D eigenvalue weighted by molar-refractivity contribution is 0.284. The third-order valence-corrected chi connectivity index (χ3v) is 3.37. The molecule has 0 radical (unpaired) electrons. The first-order valence-electron chi connectivity index (χ1n) is 6.53. The normalized spacial score (nSPS) is 13.1. The Balaban J connectivity index is 2.25. The molecular formula is C16H20ClN. The van der Waals surface area contributed by atoms with E-state index in [4.69, 9.17) is 11.6 Å². The van der Waals surface area contributed by atoms with Gasteiger partial charge in [-0.15, -0.1) is 11.6 Å². The SMILES string of the molecule is CCN(Cc1cccc2ccccc12)CC(C)Cl. The predicted molar refractivity (Wildman–Crippen MR) is 80.2 cm³/mol. The highest BCUT2D eigenvalue weighted by atomic mass is 35.5. The first-order valence-corrected chi connectivity index (χ1v) is 6.97. The van der Waals surface area contributed by atoms with Gasteiger partial charge in [0, 0.05) is 18.5 Å². The van der Waals surface area contributed by atoms with E-state index in [9.17, 15) is 0 Å². The van der Waals surface area contributed by atoms with Gasteiger partial charge in [-0.1, -0.05) is 49.4 Å². The van der Waals surface area contributed by atoms with E-state index in [0.29, 0.717) is 0 Å². The molecule has 0 aromatic heterocycles. The van der Waals surface area contributed by atoms with Crippen molar-refractivity contribution in [2.45, 2.75) is 25.8 Å². The van der Waals surface area contributed by atoms with Crippen molar-refractivity contribution in [1.82, 2.24) is 4.90 Å². The standard InChI is InChI=1S/C16H20ClN/c1-3-18(11-13(2)17)12-15-9-6-8-14-7-4-5-10-16(14)15/h4-10,13H,3,11-12H2,1-2H3. The van der Waals surface area contributed by atoms with E-state index in [2.05, 4.69) is 54.3 Å². The highest BCUT2D eigenvalue weighted by Gasteiger charge is 2.08. The van der Waals surface area contributed by atoms with Gasteiger partial charge >= 0.3 is 0 Å². The number of hydrogen-bond acceptors (Lipinski definition) is 1. The van der Waals surface area contributed by atoms with Crippen LogP contribution in [-0.4, -0.2) is 23.4 Å². The molecule has 0 saturated carbocycles. The van der Waals surface area contributed by atoms with Gasteiger partial charge in [0.05, 0.1) is 0 Å². The molecule has 0 spiro atoms. The maximum Gasteiger partial charge on any atom is 0.0435 e. The minimum absolute atomic E-state index is 0.194. The van der Waals surface area contributed by atoms with Crippen LogP contribution in [0, 0.1) is 0 Å². The van der Waals surface area contributed by atoms with Crippen molar-refractivity contribution in [2.24, 2.45) is 0 Å². The Hall–Kier alpha value is -1.05. The molecule has 1 unspecified atom stereocenters. The van der Waals surface area contributed by atoms with Gasteiger partial charge in [0.25, 0.3) is 0 Å². The Morgan fingerprint density at radius 1 is 1.11 bits per heavy atom. The largest absolute Gasteiger partial charge is 0.298 e. The van der Waals surface area contributed by atoms with E-state index in [1.165, 1.54) is 16.3 Å². The number of halogens is 1. The second kappa shape index (κ2) is 6.21. The Bertz CT molecular complexity index is 502. The summed E-state index contributed by atoms with van der Waals surface area (Å²) in [4.78, 5) is 2.39. The zero-order valence-corrected chi connectivity index (χ0v) is 11.8. The summed E-state index contributed by atoms with van der Waals surface area (Å²) in [5, 5.41) is 2.85. The van der Waals surface area contributed by atoms with Crippen molar-refractivity contribution in [2.75, 3.05) is 13.1 Å². The fourth-order valence-corrected chi connectivity index (χ4v) is 2.53. The number of fused-ring (bicyclic) bond motifs is 1. The molecule has 0 saturated heterocycles. The predicted octanol–water partition coefficient (Wildman–Crippen LogP) is 4.29. The molecule has 2 heteroatoms. The second-order valence-corrected chi connectivity index (χ2v) is 5.49. The van der Waals surface area contributed by atoms with Crippen molar-refractivity contribution in [3.05, 3.63) is 48.0 Å². The molecule has 1 atom stereocenters. The molecule has 2 rings (SSSR count). The smallest absolute Gasteiger partial charge is 0.0435 e. The molecule has 0 aliphatic carbocycles. The first-order chi connectivity index (χ1) is 8.70. The Labute approximate surface area is 114 Å². The minimum Gasteiger partial charge on any atom is -0.298 e. The molecule has 96 valence electrons. The van der Waals surface area contributed by atoms with Gasteiger partial charge in [0.1, 0.15) is 0 Å². The fourth-order valence-electron chi connectivity index (χ4n) is 2.33. The Morgan fingerprint density at radius 2 is 1.83 bits per heavy atom. The summed E-state index contributed by atoms with van der Waals surface area (Å²) in [5.41, 5.74) is 1.38. The number of alkyl halides is 1. The van der Waals surface area contributed by atoms with Crippen LogP contribution in [0.4, 0.5) is 0 Å². The zero-order valence-electron chi connectivity index (χ0n) is 11.1. The van der Waals surface area contributed by atoms with Crippen LogP contribution in [0.2, 0.25) is 0 Å². The van der Waals surface area contributed by atoms with Crippen LogP contribution in [0.25, 0.3) is 10.8 Å². The quantitative estimate of drug-likeness (QED) is 0.726. The van der Waals surface area contributed by atoms with Gasteiger partial charge in [-0.25, -0.2) is 0 Å². The van der Waals surface area contributed by atoms with Gasteiger partial charge < -0.3 is 0 Å². The molecule has 0 bridgehead atoms. The van der Waals surface area contributed by atoms with Crippen molar-refractivity contribution in [3.63, 3.8) is 0 Å². The Kier molecular flexibility index (Phi) is 4.62. The Morgan fingerprint density at radius 3 is 2.56 bits per heavy atom. The van der Waals surface area contributed by atoms with Crippen LogP contribution < -0.4 is 0 Å². The maximum atomic E-state index is 6.09. The lowest BCUT2D eigenvalue weighted by Gasteiger charge is -2.22. The van der Waals surface area contributed by atoms with E-state index in [1.807, 2.05) is 6.92 Å². The third-order valence-electron chi connectivity index (χ3n) is 3.23. The van der Waals surface area contributed by atoms with Crippen LogP contribution in [-0.2, 0) is 6.54 Å².